The molecular formula is C13H18N4O2S. The largest absolute Gasteiger partial charge is 0.332 e. The van der Waals surface area contributed by atoms with Gasteiger partial charge in [0, 0.05) is 12.2 Å². The lowest BCUT2D eigenvalue weighted by atomic mass is 10.2. The number of hydrogen-bond acceptors (Lipinski definition) is 4. The first-order valence-electron chi connectivity index (χ1n) is 6.15. The molecule has 0 aliphatic carbocycles. The summed E-state index contributed by atoms with van der Waals surface area (Å²) in [5.41, 5.74) is 1.58. The molecule has 0 amide bonds. The fourth-order valence-electron chi connectivity index (χ4n) is 1.84. The summed E-state index contributed by atoms with van der Waals surface area (Å²) in [4.78, 5) is 8.63. The van der Waals surface area contributed by atoms with Crippen molar-refractivity contribution >= 4 is 15.7 Å². The number of H-pyrrole nitrogens is 1. The van der Waals surface area contributed by atoms with E-state index in [0.29, 0.717) is 11.5 Å². The summed E-state index contributed by atoms with van der Waals surface area (Å²) in [5.74, 6) is 0.562. The van der Waals surface area contributed by atoms with Crippen LogP contribution in [0.25, 0.3) is 0 Å². The number of nitrogens with zero attached hydrogens (tertiary/aromatic N) is 2. The second kappa shape index (κ2) is 5.64. The minimum atomic E-state index is -3.62. The maximum absolute atomic E-state index is 12.2. The molecule has 0 spiro atoms. The van der Waals surface area contributed by atoms with Crippen LogP contribution < -0.4 is 4.72 Å². The Balaban J connectivity index is 2.21. The van der Waals surface area contributed by atoms with Gasteiger partial charge in [-0.15, -0.1) is 0 Å². The molecule has 7 heteroatoms. The average Bonchev–Trinajstić information content (AvgIpc) is 2.75. The molecule has 20 heavy (non-hydrogen) atoms. The Kier molecular flexibility index (Phi) is 4.10. The van der Waals surface area contributed by atoms with Crippen LogP contribution >= 0.6 is 0 Å². The van der Waals surface area contributed by atoms with Crippen molar-refractivity contribution < 1.29 is 8.42 Å². The number of aromatic amines is 1. The molecule has 2 N–H and O–H groups in total. The maximum atomic E-state index is 12.2. The fraction of sp³-hybridized carbons (Fsp3) is 0.308. The van der Waals surface area contributed by atoms with Gasteiger partial charge in [0.1, 0.15) is 5.82 Å². The minimum Gasteiger partial charge on any atom is -0.332 e. The van der Waals surface area contributed by atoms with Crippen LogP contribution in [0.2, 0.25) is 0 Å². The van der Waals surface area contributed by atoms with Crippen LogP contribution in [0, 0.1) is 6.92 Å². The minimum absolute atomic E-state index is 0.0630. The van der Waals surface area contributed by atoms with Crippen molar-refractivity contribution in [2.45, 2.75) is 18.5 Å². The molecule has 0 saturated carbocycles. The molecule has 0 atom stereocenters. The van der Waals surface area contributed by atoms with Gasteiger partial charge >= 0.3 is 0 Å². The van der Waals surface area contributed by atoms with Crippen molar-refractivity contribution in [1.82, 2.24) is 14.9 Å². The number of imidazole rings is 1. The number of anilines is 1. The van der Waals surface area contributed by atoms with Gasteiger partial charge in [0.25, 0.3) is 10.0 Å². The standard InChI is InChI=1S/C13H18N4O2S/c1-10-14-8-13(15-10)20(18,19)16-12-6-4-5-11(7-12)9-17(2)3/h4-8,16H,9H2,1-3H3,(H,14,15). The number of hydrogen-bond donors (Lipinski definition) is 2. The highest BCUT2D eigenvalue weighted by Crippen LogP contribution is 2.16. The Labute approximate surface area is 118 Å². The zero-order chi connectivity index (χ0) is 14.8. The van der Waals surface area contributed by atoms with Crippen LogP contribution in [0.15, 0.2) is 35.5 Å². The zero-order valence-electron chi connectivity index (χ0n) is 11.7. The number of nitrogens with one attached hydrogen (secondary N) is 2. The van der Waals surface area contributed by atoms with Crippen molar-refractivity contribution in [3.8, 4) is 0 Å². The summed E-state index contributed by atoms with van der Waals surface area (Å²) < 4.78 is 26.9. The lowest BCUT2D eigenvalue weighted by molar-refractivity contribution is 0.402. The molecule has 1 aromatic carbocycles. The topological polar surface area (TPSA) is 78.1 Å². The highest BCUT2D eigenvalue weighted by molar-refractivity contribution is 7.92. The van der Waals surface area contributed by atoms with E-state index in [9.17, 15) is 8.42 Å². The number of benzene rings is 1. The molecule has 0 bridgehead atoms. The van der Waals surface area contributed by atoms with Gasteiger partial charge in [-0.3, -0.25) is 4.72 Å². The third-order valence-corrected chi connectivity index (χ3v) is 3.94. The smallest absolute Gasteiger partial charge is 0.278 e. The highest BCUT2D eigenvalue weighted by atomic mass is 32.2. The van der Waals surface area contributed by atoms with Crippen LogP contribution in [0.5, 0.6) is 0 Å². The van der Waals surface area contributed by atoms with E-state index in [1.165, 1.54) is 6.20 Å². The second-order valence-electron chi connectivity index (χ2n) is 4.88. The third-order valence-electron chi connectivity index (χ3n) is 2.65. The van der Waals surface area contributed by atoms with Crippen LogP contribution in [0.4, 0.5) is 5.69 Å². The van der Waals surface area contributed by atoms with Crippen molar-refractivity contribution in [3.05, 3.63) is 41.9 Å². The lowest BCUT2D eigenvalue weighted by Gasteiger charge is -2.11. The van der Waals surface area contributed by atoms with Crippen molar-refractivity contribution in [2.24, 2.45) is 0 Å². The first-order chi connectivity index (χ1) is 9.37. The van der Waals surface area contributed by atoms with E-state index >= 15 is 0 Å². The van der Waals surface area contributed by atoms with E-state index in [0.717, 1.165) is 12.1 Å². The molecule has 0 aliphatic heterocycles. The summed E-state index contributed by atoms with van der Waals surface area (Å²) in [7, 11) is 0.306. The number of aryl methyl sites for hydroxylation is 1. The third kappa shape index (κ3) is 3.58. The molecule has 0 saturated heterocycles. The van der Waals surface area contributed by atoms with E-state index in [-0.39, 0.29) is 5.03 Å². The van der Waals surface area contributed by atoms with Crippen LogP contribution in [0.3, 0.4) is 0 Å². The van der Waals surface area contributed by atoms with E-state index in [2.05, 4.69) is 14.7 Å². The zero-order valence-corrected chi connectivity index (χ0v) is 12.5. The molecule has 2 aromatic rings. The van der Waals surface area contributed by atoms with Crippen LogP contribution in [0.1, 0.15) is 11.4 Å². The Bertz CT molecular complexity index is 692. The second-order valence-corrected chi connectivity index (χ2v) is 6.53. The highest BCUT2D eigenvalue weighted by Gasteiger charge is 2.16. The molecule has 0 fully saturated rings. The number of sulfonamides is 1. The normalized spacial score (nSPS) is 11.8. The SMILES string of the molecule is Cc1ncc(S(=O)(=O)Nc2cccc(CN(C)C)c2)[nH]1. The van der Waals surface area contributed by atoms with Crippen molar-refractivity contribution in [1.29, 1.82) is 0 Å². The van der Waals surface area contributed by atoms with Crippen molar-refractivity contribution in [2.75, 3.05) is 18.8 Å². The molecule has 1 aromatic heterocycles. The van der Waals surface area contributed by atoms with E-state index < -0.39 is 10.0 Å². The predicted octanol–water partition coefficient (Wildman–Crippen LogP) is 1.58. The average molecular weight is 294 g/mol. The summed E-state index contributed by atoms with van der Waals surface area (Å²) in [6, 6.07) is 7.33. The monoisotopic (exact) mass is 294 g/mol. The predicted molar refractivity (Wildman–Crippen MR) is 78.0 cm³/mol. The van der Waals surface area contributed by atoms with Crippen LogP contribution in [-0.4, -0.2) is 37.4 Å². The van der Waals surface area contributed by atoms with E-state index in [1.54, 1.807) is 13.0 Å². The van der Waals surface area contributed by atoms with Gasteiger partial charge in [-0.2, -0.15) is 8.42 Å². The maximum Gasteiger partial charge on any atom is 0.278 e. The molecule has 1 heterocycles. The quantitative estimate of drug-likeness (QED) is 0.877. The summed E-state index contributed by atoms with van der Waals surface area (Å²) in [6.07, 6.45) is 1.31. The lowest BCUT2D eigenvalue weighted by Crippen LogP contribution is -2.14. The first kappa shape index (κ1) is 14.5. The Hall–Kier alpha value is -1.86. The molecule has 0 radical (unpaired) electrons. The number of aromatic nitrogens is 2. The molecular weight excluding hydrogens is 276 g/mol. The molecule has 6 nitrogen and oxygen atoms in total. The summed E-state index contributed by atoms with van der Waals surface area (Å²) in [5, 5.41) is 0.0630. The molecule has 0 aliphatic rings. The van der Waals surface area contributed by atoms with Gasteiger partial charge < -0.3 is 9.88 Å². The molecule has 0 unspecified atom stereocenters. The van der Waals surface area contributed by atoms with E-state index in [1.807, 2.05) is 37.2 Å². The van der Waals surface area contributed by atoms with E-state index in [4.69, 9.17) is 0 Å². The first-order valence-corrected chi connectivity index (χ1v) is 7.63. The fourth-order valence-corrected chi connectivity index (χ4v) is 2.86. The van der Waals surface area contributed by atoms with Crippen molar-refractivity contribution in [3.63, 3.8) is 0 Å². The summed E-state index contributed by atoms with van der Waals surface area (Å²) >= 11 is 0. The molecule has 2 rings (SSSR count). The van der Waals surface area contributed by atoms with Gasteiger partial charge in [0.05, 0.1) is 6.20 Å². The van der Waals surface area contributed by atoms with Gasteiger partial charge in [0.15, 0.2) is 5.03 Å². The molecule has 108 valence electrons. The van der Waals surface area contributed by atoms with Crippen LogP contribution in [-0.2, 0) is 16.6 Å². The van der Waals surface area contributed by atoms with Gasteiger partial charge in [-0.25, -0.2) is 4.98 Å². The number of rotatable bonds is 5. The Morgan fingerprint density at radius 3 is 2.70 bits per heavy atom. The Morgan fingerprint density at radius 2 is 2.10 bits per heavy atom. The Morgan fingerprint density at radius 1 is 1.35 bits per heavy atom. The van der Waals surface area contributed by atoms with Gasteiger partial charge in [0.2, 0.25) is 0 Å². The summed E-state index contributed by atoms with van der Waals surface area (Å²) in [6.45, 7) is 2.45. The van der Waals surface area contributed by atoms with Gasteiger partial charge in [-0.1, -0.05) is 12.1 Å². The van der Waals surface area contributed by atoms with Gasteiger partial charge in [-0.05, 0) is 38.7 Å².